The zero-order valence-electron chi connectivity index (χ0n) is 33.7. The van der Waals surface area contributed by atoms with Gasteiger partial charge in [0, 0.05) is 34.1 Å². The molecule has 4 rings (SSSR count). The molecular weight excluding hydrogens is 617 g/mol. The molecule has 4 aromatic carbocycles. The van der Waals surface area contributed by atoms with Crippen molar-refractivity contribution in [1.29, 1.82) is 0 Å². The molecule has 0 aromatic heterocycles. The summed E-state index contributed by atoms with van der Waals surface area (Å²) in [7, 11) is 7.08. The smallest absolute Gasteiger partial charge is 0.122 e. The predicted molar refractivity (Wildman–Crippen MR) is 210 cm³/mol. The van der Waals surface area contributed by atoms with Gasteiger partial charge in [-0.15, -0.1) is 0 Å². The standard InChI is InChI=1S/C46H62O4/c1-43(2,3)29-17-21-37(47-13)33(25-29)41(34-26-30(44(4,5)6)18-22-38(34)48-14)42(35-27-31(45(7,8)9)19-23-39(35)49-15)36-28-32(46(10,11)12)20-24-40(36)50-16/h17-28,41-42H,1-16H3. The van der Waals surface area contributed by atoms with Gasteiger partial charge in [-0.3, -0.25) is 0 Å². The maximum absolute atomic E-state index is 6.27. The van der Waals surface area contributed by atoms with E-state index < -0.39 is 0 Å². The molecule has 0 aliphatic heterocycles. The fraction of sp³-hybridized carbons (Fsp3) is 0.478. The Morgan fingerprint density at radius 1 is 0.320 bits per heavy atom. The largest absolute Gasteiger partial charge is 0.496 e. The summed E-state index contributed by atoms with van der Waals surface area (Å²) in [5, 5.41) is 0. The zero-order chi connectivity index (χ0) is 37.4. The molecule has 0 heterocycles. The van der Waals surface area contributed by atoms with Gasteiger partial charge in [0.2, 0.25) is 0 Å². The monoisotopic (exact) mass is 678 g/mol. The maximum atomic E-state index is 6.27. The van der Waals surface area contributed by atoms with E-state index in [1.54, 1.807) is 28.4 Å². The van der Waals surface area contributed by atoms with Gasteiger partial charge in [-0.25, -0.2) is 0 Å². The second-order valence-corrected chi connectivity index (χ2v) is 17.8. The summed E-state index contributed by atoms with van der Waals surface area (Å²) >= 11 is 0. The second kappa shape index (κ2) is 14.4. The van der Waals surface area contributed by atoms with E-state index in [-0.39, 0.29) is 33.5 Å². The van der Waals surface area contributed by atoms with Crippen LogP contribution in [0.4, 0.5) is 0 Å². The molecule has 4 nitrogen and oxygen atoms in total. The van der Waals surface area contributed by atoms with Crippen molar-refractivity contribution in [3.63, 3.8) is 0 Å². The van der Waals surface area contributed by atoms with Gasteiger partial charge >= 0.3 is 0 Å². The van der Waals surface area contributed by atoms with Crippen molar-refractivity contribution in [1.82, 2.24) is 0 Å². The predicted octanol–water partition coefficient (Wildman–Crippen LogP) is 11.9. The van der Waals surface area contributed by atoms with Crippen molar-refractivity contribution >= 4 is 0 Å². The van der Waals surface area contributed by atoms with Crippen LogP contribution in [0.1, 0.15) is 139 Å². The lowest BCUT2D eigenvalue weighted by molar-refractivity contribution is 0.383. The summed E-state index contributed by atoms with van der Waals surface area (Å²) < 4.78 is 25.1. The molecule has 0 atom stereocenters. The lowest BCUT2D eigenvalue weighted by Gasteiger charge is -2.36. The topological polar surface area (TPSA) is 36.9 Å². The minimum absolute atomic E-state index is 0.0912. The molecule has 0 radical (unpaired) electrons. The van der Waals surface area contributed by atoms with Gasteiger partial charge in [-0.1, -0.05) is 132 Å². The van der Waals surface area contributed by atoms with Crippen molar-refractivity contribution in [2.75, 3.05) is 28.4 Å². The highest BCUT2D eigenvalue weighted by Gasteiger charge is 2.38. The van der Waals surface area contributed by atoms with E-state index in [4.69, 9.17) is 18.9 Å². The summed E-state index contributed by atoms with van der Waals surface area (Å²) in [6.07, 6.45) is 0. The molecule has 270 valence electrons. The minimum Gasteiger partial charge on any atom is -0.496 e. The number of methoxy groups -OCH3 is 4. The summed E-state index contributed by atoms with van der Waals surface area (Å²) in [5.41, 5.74) is 8.89. The molecule has 0 aliphatic rings. The van der Waals surface area contributed by atoms with E-state index in [9.17, 15) is 0 Å². The highest BCUT2D eigenvalue weighted by atomic mass is 16.5. The summed E-state index contributed by atoms with van der Waals surface area (Å²) in [6, 6.07) is 26.7. The Morgan fingerprint density at radius 3 is 0.640 bits per heavy atom. The number of hydrogen-bond donors (Lipinski definition) is 0. The van der Waals surface area contributed by atoms with Crippen LogP contribution in [0.2, 0.25) is 0 Å². The lowest BCUT2D eigenvalue weighted by atomic mass is 9.69. The van der Waals surface area contributed by atoms with E-state index in [2.05, 4.69) is 156 Å². The van der Waals surface area contributed by atoms with Crippen LogP contribution in [-0.4, -0.2) is 28.4 Å². The second-order valence-electron chi connectivity index (χ2n) is 17.8. The van der Waals surface area contributed by atoms with Crippen LogP contribution in [-0.2, 0) is 21.7 Å². The quantitative estimate of drug-likeness (QED) is 0.177. The van der Waals surface area contributed by atoms with E-state index in [1.807, 2.05) is 0 Å². The average molecular weight is 679 g/mol. The Labute approximate surface area is 303 Å². The molecule has 0 N–H and O–H groups in total. The van der Waals surface area contributed by atoms with Gasteiger partial charge in [0.15, 0.2) is 0 Å². The van der Waals surface area contributed by atoms with Gasteiger partial charge < -0.3 is 18.9 Å². The number of rotatable bonds is 9. The average Bonchev–Trinajstić information content (AvgIpc) is 3.04. The molecule has 0 fully saturated rings. The highest BCUT2D eigenvalue weighted by molar-refractivity contribution is 5.60. The number of hydrogen-bond acceptors (Lipinski definition) is 4. The molecule has 0 aliphatic carbocycles. The van der Waals surface area contributed by atoms with Crippen LogP contribution in [0, 0.1) is 0 Å². The molecule has 4 aromatic rings. The third-order valence-corrected chi connectivity index (χ3v) is 10.1. The van der Waals surface area contributed by atoms with Crippen LogP contribution < -0.4 is 18.9 Å². The Hall–Kier alpha value is -3.92. The fourth-order valence-electron chi connectivity index (χ4n) is 6.83. The van der Waals surface area contributed by atoms with Crippen LogP contribution >= 0.6 is 0 Å². The normalized spacial score (nSPS) is 12.8. The van der Waals surface area contributed by atoms with Crippen molar-refractivity contribution in [2.24, 2.45) is 0 Å². The molecule has 0 amide bonds. The van der Waals surface area contributed by atoms with Crippen molar-refractivity contribution in [2.45, 2.75) is 117 Å². The summed E-state index contributed by atoms with van der Waals surface area (Å²) in [4.78, 5) is 0. The first-order valence-electron chi connectivity index (χ1n) is 17.9. The molecule has 0 unspecified atom stereocenters. The Morgan fingerprint density at radius 2 is 0.500 bits per heavy atom. The van der Waals surface area contributed by atoms with Crippen LogP contribution in [0.5, 0.6) is 23.0 Å². The van der Waals surface area contributed by atoms with Crippen LogP contribution in [0.25, 0.3) is 0 Å². The summed E-state index contributed by atoms with van der Waals surface area (Å²) in [5.74, 6) is 2.78. The number of benzene rings is 4. The first-order chi connectivity index (χ1) is 23.1. The van der Waals surface area contributed by atoms with Gasteiger partial charge in [-0.2, -0.15) is 0 Å². The molecule has 50 heavy (non-hydrogen) atoms. The van der Waals surface area contributed by atoms with Crippen molar-refractivity contribution in [3.05, 3.63) is 117 Å². The van der Waals surface area contributed by atoms with E-state index in [0.29, 0.717) is 0 Å². The van der Waals surface area contributed by atoms with E-state index >= 15 is 0 Å². The summed E-state index contributed by atoms with van der Waals surface area (Å²) in [6.45, 7) is 27.1. The Kier molecular flexibility index (Phi) is 11.2. The molecule has 0 saturated carbocycles. The van der Waals surface area contributed by atoms with Gasteiger partial charge in [0.05, 0.1) is 28.4 Å². The van der Waals surface area contributed by atoms with Gasteiger partial charge in [-0.05, 0) is 68.2 Å². The Balaban J connectivity index is 2.35. The van der Waals surface area contributed by atoms with Gasteiger partial charge in [0.1, 0.15) is 23.0 Å². The van der Waals surface area contributed by atoms with Crippen molar-refractivity contribution < 1.29 is 18.9 Å². The maximum Gasteiger partial charge on any atom is 0.122 e. The molecular formula is C46H62O4. The van der Waals surface area contributed by atoms with E-state index in [1.165, 1.54) is 22.3 Å². The Bertz CT molecular complexity index is 1520. The molecule has 0 spiro atoms. The third kappa shape index (κ3) is 8.17. The zero-order valence-corrected chi connectivity index (χ0v) is 33.7. The SMILES string of the molecule is COc1ccc(C(C)(C)C)cc1C(c1cc(C(C)(C)C)ccc1OC)C(c1cc(C(C)(C)C)ccc1OC)c1cc(C(C)(C)C)ccc1OC. The first-order valence-corrected chi connectivity index (χ1v) is 17.9. The number of ether oxygens (including phenoxy) is 4. The fourth-order valence-corrected chi connectivity index (χ4v) is 6.83. The van der Waals surface area contributed by atoms with E-state index in [0.717, 1.165) is 45.3 Å². The van der Waals surface area contributed by atoms with Gasteiger partial charge in [0.25, 0.3) is 0 Å². The third-order valence-electron chi connectivity index (χ3n) is 10.1. The lowest BCUT2D eigenvalue weighted by Crippen LogP contribution is -2.22. The molecule has 0 saturated heterocycles. The first kappa shape index (κ1) is 38.9. The van der Waals surface area contributed by atoms with Crippen molar-refractivity contribution in [3.8, 4) is 23.0 Å². The van der Waals surface area contributed by atoms with Crippen LogP contribution in [0.3, 0.4) is 0 Å². The molecule has 0 bridgehead atoms. The van der Waals surface area contributed by atoms with Crippen LogP contribution in [0.15, 0.2) is 72.8 Å². The highest BCUT2D eigenvalue weighted by Crippen LogP contribution is 2.54. The molecule has 4 heteroatoms. The minimum atomic E-state index is -0.266.